The summed E-state index contributed by atoms with van der Waals surface area (Å²) in [5.74, 6) is 1.39. The lowest BCUT2D eigenvalue weighted by Gasteiger charge is -2.09. The third-order valence-electron chi connectivity index (χ3n) is 3.09. The standard InChI is InChI=1S/C18H20N2O4/c19-17(21)7-4-12-20-18(22)13-23-14-8-10-16(11-9-14)24-15-5-2-1-3-6-15/h1-3,5-6,8-11H,4,7,12-13H2,(H2,19,21)(H,20,22). The number of hydrogen-bond acceptors (Lipinski definition) is 4. The molecule has 2 aromatic rings. The highest BCUT2D eigenvalue weighted by atomic mass is 16.5. The second-order valence-electron chi connectivity index (χ2n) is 5.10. The molecule has 0 radical (unpaired) electrons. The van der Waals surface area contributed by atoms with Gasteiger partial charge in [-0.05, 0) is 42.8 Å². The van der Waals surface area contributed by atoms with Gasteiger partial charge in [0, 0.05) is 13.0 Å². The Morgan fingerprint density at radius 2 is 1.54 bits per heavy atom. The van der Waals surface area contributed by atoms with Crippen LogP contribution in [0.4, 0.5) is 0 Å². The molecule has 0 aromatic heterocycles. The minimum Gasteiger partial charge on any atom is -0.484 e. The van der Waals surface area contributed by atoms with Crippen LogP contribution in [0.5, 0.6) is 17.2 Å². The summed E-state index contributed by atoms with van der Waals surface area (Å²) < 4.78 is 11.1. The first-order valence-electron chi connectivity index (χ1n) is 7.64. The first-order chi connectivity index (χ1) is 11.6. The highest BCUT2D eigenvalue weighted by molar-refractivity contribution is 5.77. The Bertz CT molecular complexity index is 656. The van der Waals surface area contributed by atoms with E-state index in [0.717, 1.165) is 5.75 Å². The van der Waals surface area contributed by atoms with E-state index in [0.29, 0.717) is 24.5 Å². The molecular formula is C18H20N2O4. The Kier molecular flexibility index (Phi) is 6.64. The summed E-state index contributed by atoms with van der Waals surface area (Å²) in [6.45, 7) is 0.310. The number of nitrogens with two attached hydrogens (primary N) is 1. The van der Waals surface area contributed by atoms with Gasteiger partial charge in [0.1, 0.15) is 17.2 Å². The minimum atomic E-state index is -0.377. The van der Waals surface area contributed by atoms with Crippen molar-refractivity contribution in [1.82, 2.24) is 5.32 Å². The van der Waals surface area contributed by atoms with Crippen molar-refractivity contribution in [3.63, 3.8) is 0 Å². The van der Waals surface area contributed by atoms with Crippen molar-refractivity contribution < 1.29 is 19.1 Å². The van der Waals surface area contributed by atoms with Crippen molar-refractivity contribution in [3.05, 3.63) is 54.6 Å². The Morgan fingerprint density at radius 3 is 2.21 bits per heavy atom. The first-order valence-corrected chi connectivity index (χ1v) is 7.64. The summed E-state index contributed by atoms with van der Waals surface area (Å²) in [4.78, 5) is 22.2. The van der Waals surface area contributed by atoms with Gasteiger partial charge in [-0.1, -0.05) is 18.2 Å². The number of carbonyl (C=O) groups is 2. The number of nitrogens with one attached hydrogen (secondary N) is 1. The van der Waals surface area contributed by atoms with Gasteiger partial charge in [0.25, 0.3) is 5.91 Å². The van der Waals surface area contributed by atoms with Crippen LogP contribution in [-0.4, -0.2) is 25.0 Å². The van der Waals surface area contributed by atoms with Gasteiger partial charge >= 0.3 is 0 Å². The quantitative estimate of drug-likeness (QED) is 0.691. The van der Waals surface area contributed by atoms with E-state index in [2.05, 4.69) is 5.32 Å². The molecule has 6 heteroatoms. The van der Waals surface area contributed by atoms with E-state index in [4.69, 9.17) is 15.2 Å². The Labute approximate surface area is 140 Å². The lowest BCUT2D eigenvalue weighted by atomic mass is 10.3. The summed E-state index contributed by atoms with van der Waals surface area (Å²) in [5, 5.41) is 2.66. The van der Waals surface area contributed by atoms with E-state index in [1.165, 1.54) is 0 Å². The molecule has 0 heterocycles. The van der Waals surface area contributed by atoms with Gasteiger partial charge in [-0.15, -0.1) is 0 Å². The second-order valence-corrected chi connectivity index (χ2v) is 5.10. The molecule has 0 aliphatic heterocycles. The topological polar surface area (TPSA) is 90.7 Å². The third kappa shape index (κ3) is 6.39. The van der Waals surface area contributed by atoms with Crippen LogP contribution < -0.4 is 20.5 Å². The molecule has 0 unspecified atom stereocenters. The number of amides is 2. The highest BCUT2D eigenvalue weighted by Gasteiger charge is 2.03. The minimum absolute atomic E-state index is 0.0878. The molecule has 24 heavy (non-hydrogen) atoms. The van der Waals surface area contributed by atoms with Crippen molar-refractivity contribution in [2.75, 3.05) is 13.2 Å². The normalized spacial score (nSPS) is 10.0. The highest BCUT2D eigenvalue weighted by Crippen LogP contribution is 2.23. The predicted octanol–water partition coefficient (Wildman–Crippen LogP) is 2.24. The lowest BCUT2D eigenvalue weighted by Crippen LogP contribution is -2.30. The van der Waals surface area contributed by atoms with Gasteiger partial charge < -0.3 is 20.5 Å². The van der Waals surface area contributed by atoms with E-state index in [1.807, 2.05) is 30.3 Å². The fourth-order valence-electron chi connectivity index (χ4n) is 1.92. The number of para-hydroxylation sites is 1. The fraction of sp³-hybridized carbons (Fsp3) is 0.222. The van der Waals surface area contributed by atoms with Gasteiger partial charge in [0.05, 0.1) is 0 Å². The van der Waals surface area contributed by atoms with Crippen LogP contribution >= 0.6 is 0 Å². The molecule has 2 amide bonds. The summed E-state index contributed by atoms with van der Waals surface area (Å²) in [6, 6.07) is 16.5. The zero-order valence-corrected chi connectivity index (χ0v) is 13.2. The van der Waals surface area contributed by atoms with Gasteiger partial charge in [0.2, 0.25) is 5.91 Å². The lowest BCUT2D eigenvalue weighted by molar-refractivity contribution is -0.123. The number of hydrogen-bond donors (Lipinski definition) is 2. The molecule has 0 spiro atoms. The summed E-state index contributed by atoms with van der Waals surface area (Å²) in [7, 11) is 0. The molecule has 2 rings (SSSR count). The second kappa shape index (κ2) is 9.19. The average Bonchev–Trinajstić information content (AvgIpc) is 2.59. The maximum absolute atomic E-state index is 11.6. The maximum atomic E-state index is 11.6. The molecular weight excluding hydrogens is 308 g/mol. The van der Waals surface area contributed by atoms with Crippen LogP contribution in [0.1, 0.15) is 12.8 Å². The molecule has 0 atom stereocenters. The number of ether oxygens (including phenoxy) is 2. The fourth-order valence-corrected chi connectivity index (χ4v) is 1.92. The van der Waals surface area contributed by atoms with E-state index in [-0.39, 0.29) is 24.8 Å². The number of carbonyl (C=O) groups excluding carboxylic acids is 2. The smallest absolute Gasteiger partial charge is 0.257 e. The van der Waals surface area contributed by atoms with E-state index >= 15 is 0 Å². The third-order valence-corrected chi connectivity index (χ3v) is 3.09. The average molecular weight is 328 g/mol. The van der Waals surface area contributed by atoms with E-state index < -0.39 is 0 Å². The van der Waals surface area contributed by atoms with E-state index in [9.17, 15) is 9.59 Å². The van der Waals surface area contributed by atoms with Crippen LogP contribution in [0.25, 0.3) is 0 Å². The molecule has 6 nitrogen and oxygen atoms in total. The Balaban J connectivity index is 1.71. The molecule has 0 bridgehead atoms. The summed E-state index contributed by atoms with van der Waals surface area (Å²) >= 11 is 0. The van der Waals surface area contributed by atoms with Crippen LogP contribution in [-0.2, 0) is 9.59 Å². The molecule has 0 fully saturated rings. The van der Waals surface area contributed by atoms with Crippen molar-refractivity contribution in [1.29, 1.82) is 0 Å². The van der Waals surface area contributed by atoms with Gasteiger partial charge in [0.15, 0.2) is 6.61 Å². The van der Waals surface area contributed by atoms with Crippen LogP contribution in [0, 0.1) is 0 Å². The monoisotopic (exact) mass is 328 g/mol. The number of primary amides is 1. The van der Waals surface area contributed by atoms with Gasteiger partial charge in [-0.3, -0.25) is 9.59 Å². The molecule has 0 aliphatic carbocycles. The zero-order valence-electron chi connectivity index (χ0n) is 13.2. The van der Waals surface area contributed by atoms with Crippen molar-refractivity contribution in [2.24, 2.45) is 5.73 Å². The maximum Gasteiger partial charge on any atom is 0.257 e. The van der Waals surface area contributed by atoms with Crippen molar-refractivity contribution in [2.45, 2.75) is 12.8 Å². The first kappa shape index (κ1) is 17.3. The Morgan fingerprint density at radius 1 is 0.917 bits per heavy atom. The van der Waals surface area contributed by atoms with E-state index in [1.54, 1.807) is 24.3 Å². The predicted molar refractivity (Wildman–Crippen MR) is 89.9 cm³/mol. The molecule has 3 N–H and O–H groups in total. The molecule has 126 valence electrons. The molecule has 0 saturated carbocycles. The van der Waals surface area contributed by atoms with Crippen molar-refractivity contribution in [3.8, 4) is 17.2 Å². The Hall–Kier alpha value is -3.02. The van der Waals surface area contributed by atoms with Crippen molar-refractivity contribution >= 4 is 11.8 Å². The van der Waals surface area contributed by atoms with Gasteiger partial charge in [-0.2, -0.15) is 0 Å². The summed E-state index contributed by atoms with van der Waals surface area (Å²) in [5.41, 5.74) is 5.02. The van der Waals surface area contributed by atoms with Crippen LogP contribution in [0.15, 0.2) is 54.6 Å². The number of benzene rings is 2. The molecule has 0 aliphatic rings. The van der Waals surface area contributed by atoms with Gasteiger partial charge in [-0.25, -0.2) is 0 Å². The largest absolute Gasteiger partial charge is 0.484 e. The SMILES string of the molecule is NC(=O)CCCNC(=O)COc1ccc(Oc2ccccc2)cc1. The summed E-state index contributed by atoms with van der Waals surface area (Å²) in [6.07, 6.45) is 0.774. The zero-order chi connectivity index (χ0) is 17.2. The molecule has 0 saturated heterocycles. The number of rotatable bonds is 9. The van der Waals surface area contributed by atoms with Crippen LogP contribution in [0.2, 0.25) is 0 Å². The van der Waals surface area contributed by atoms with Crippen LogP contribution in [0.3, 0.4) is 0 Å². The molecule has 2 aromatic carbocycles.